The number of aromatic nitrogens is 2. The molecule has 51 heavy (non-hydrogen) atoms. The van der Waals surface area contributed by atoms with Crippen LogP contribution in [0.4, 0.5) is 19.0 Å². The number of carbonyl (C=O) groups is 2. The Labute approximate surface area is 296 Å². The summed E-state index contributed by atoms with van der Waals surface area (Å²) in [6.45, 7) is 3.75. The molecule has 0 saturated carbocycles. The van der Waals surface area contributed by atoms with Gasteiger partial charge < -0.3 is 14.7 Å². The molecule has 2 heterocycles. The van der Waals surface area contributed by atoms with Crippen LogP contribution < -0.4 is 4.90 Å². The number of anilines is 1. The first kappa shape index (κ1) is 36.5. The zero-order chi connectivity index (χ0) is 36.2. The first-order chi connectivity index (χ1) is 24.6. The molecule has 5 aromatic rings. The molecule has 2 amide bonds. The molecule has 0 spiro atoms. The summed E-state index contributed by atoms with van der Waals surface area (Å²) in [5.41, 5.74) is 3.04. The lowest BCUT2D eigenvalue weighted by atomic mass is 10.0. The Balaban J connectivity index is 1.45. The van der Waals surface area contributed by atoms with Crippen molar-refractivity contribution >= 4 is 23.7 Å². The minimum Gasteiger partial charge on any atom is -0.355 e. The fourth-order valence-electron chi connectivity index (χ4n) is 5.68. The van der Waals surface area contributed by atoms with Crippen molar-refractivity contribution in [3.05, 3.63) is 156 Å². The Morgan fingerprint density at radius 2 is 1.43 bits per heavy atom. The van der Waals surface area contributed by atoms with Gasteiger partial charge in [0.15, 0.2) is 0 Å². The predicted octanol–water partition coefficient (Wildman–Crippen LogP) is 7.80. The highest BCUT2D eigenvalue weighted by Crippen LogP contribution is 2.29. The third-order valence-electron chi connectivity index (χ3n) is 8.58. The molecule has 0 bridgehead atoms. The number of benzene rings is 3. The van der Waals surface area contributed by atoms with Gasteiger partial charge in [0.1, 0.15) is 11.9 Å². The normalized spacial score (nSPS) is 12.0. The SMILES string of the molecule is CCN(CCN(C)C(=O)[C@H](Cc1ccccc1)N(Cc1ccc(-c2ccccn2)cc1)C(=O)/C=C/c1ccc(C(F)(F)F)cc1)c1ccccn1. The average Bonchev–Trinajstić information content (AvgIpc) is 3.16. The second-order valence-corrected chi connectivity index (χ2v) is 12.1. The third-order valence-corrected chi connectivity index (χ3v) is 8.58. The lowest BCUT2D eigenvalue weighted by molar-refractivity contribution is -0.143. The van der Waals surface area contributed by atoms with Gasteiger partial charge >= 0.3 is 6.18 Å². The molecule has 1 atom stereocenters. The molecule has 262 valence electrons. The van der Waals surface area contributed by atoms with Crippen molar-refractivity contribution in [3.8, 4) is 11.3 Å². The number of carbonyl (C=O) groups excluding carboxylic acids is 2. The Morgan fingerprint density at radius 1 is 0.765 bits per heavy atom. The van der Waals surface area contributed by atoms with Crippen molar-refractivity contribution < 1.29 is 22.8 Å². The number of alkyl halides is 3. The molecule has 0 aliphatic rings. The van der Waals surface area contributed by atoms with Crippen molar-refractivity contribution in [2.45, 2.75) is 32.1 Å². The van der Waals surface area contributed by atoms with Gasteiger partial charge in [0.2, 0.25) is 11.8 Å². The minimum atomic E-state index is -4.47. The highest BCUT2D eigenvalue weighted by molar-refractivity contribution is 5.95. The van der Waals surface area contributed by atoms with E-state index >= 15 is 0 Å². The van der Waals surface area contributed by atoms with Crippen LogP contribution in [0.25, 0.3) is 17.3 Å². The Bertz CT molecular complexity index is 1870. The van der Waals surface area contributed by atoms with Crippen LogP contribution in [-0.4, -0.2) is 64.3 Å². The van der Waals surface area contributed by atoms with E-state index in [0.717, 1.165) is 40.3 Å². The summed E-state index contributed by atoms with van der Waals surface area (Å²) in [5.74, 6) is 0.119. The molecular weight excluding hydrogens is 651 g/mol. The average molecular weight is 692 g/mol. The highest BCUT2D eigenvalue weighted by Gasteiger charge is 2.32. The second-order valence-electron chi connectivity index (χ2n) is 12.1. The van der Waals surface area contributed by atoms with Gasteiger partial charge in [0, 0.05) is 63.7 Å². The predicted molar refractivity (Wildman–Crippen MR) is 194 cm³/mol. The van der Waals surface area contributed by atoms with E-state index in [1.54, 1.807) is 29.2 Å². The van der Waals surface area contributed by atoms with Crippen molar-refractivity contribution in [1.29, 1.82) is 0 Å². The second kappa shape index (κ2) is 17.2. The number of hydrogen-bond donors (Lipinski definition) is 0. The van der Waals surface area contributed by atoms with Crippen molar-refractivity contribution in [3.63, 3.8) is 0 Å². The first-order valence-electron chi connectivity index (χ1n) is 16.7. The van der Waals surface area contributed by atoms with Gasteiger partial charge in [-0.3, -0.25) is 14.6 Å². The molecule has 0 unspecified atom stereocenters. The number of amides is 2. The molecule has 0 fully saturated rings. The molecule has 0 N–H and O–H groups in total. The van der Waals surface area contributed by atoms with E-state index in [9.17, 15) is 22.8 Å². The molecule has 10 heteroatoms. The maximum atomic E-state index is 14.4. The fourth-order valence-corrected chi connectivity index (χ4v) is 5.68. The Kier molecular flexibility index (Phi) is 12.3. The maximum Gasteiger partial charge on any atom is 0.416 e. The topological polar surface area (TPSA) is 69.6 Å². The van der Waals surface area contributed by atoms with Gasteiger partial charge in [-0.2, -0.15) is 13.2 Å². The fraction of sp³-hybridized carbons (Fsp3) is 0.220. The van der Waals surface area contributed by atoms with Crippen LogP contribution in [0.15, 0.2) is 134 Å². The standard InChI is InChI=1S/C41H40F3N5O2/c1-3-48(38-14-8-10-26-46-38)28-27-47(2)40(51)37(29-32-11-5-4-6-12-32)49(30-33-15-20-34(21-16-33)36-13-7-9-25-45-36)39(50)24-19-31-17-22-35(23-18-31)41(42,43)44/h4-26,37H,3,27-30H2,1-2H3/b24-19+/t37-/m0/s1. The Hall–Kier alpha value is -5.77. The molecule has 0 aliphatic carbocycles. The van der Waals surface area contributed by atoms with Gasteiger partial charge in [-0.15, -0.1) is 0 Å². The van der Waals surface area contributed by atoms with Gasteiger partial charge in [-0.1, -0.05) is 78.9 Å². The number of pyridine rings is 2. The minimum absolute atomic E-state index is 0.116. The number of rotatable bonds is 14. The van der Waals surface area contributed by atoms with Crippen LogP contribution in [0, 0.1) is 0 Å². The van der Waals surface area contributed by atoms with E-state index in [1.807, 2.05) is 97.9 Å². The monoisotopic (exact) mass is 691 g/mol. The number of nitrogens with zero attached hydrogens (tertiary/aromatic N) is 5. The van der Waals surface area contributed by atoms with Gasteiger partial charge in [0.05, 0.1) is 11.3 Å². The molecular formula is C41H40F3N5O2. The Morgan fingerprint density at radius 3 is 2.04 bits per heavy atom. The quantitative estimate of drug-likeness (QED) is 0.111. The lowest BCUT2D eigenvalue weighted by Gasteiger charge is -2.34. The van der Waals surface area contributed by atoms with E-state index in [1.165, 1.54) is 24.3 Å². The summed E-state index contributed by atoms with van der Waals surface area (Å²) in [6.07, 6.45) is 2.03. The molecule has 7 nitrogen and oxygen atoms in total. The van der Waals surface area contributed by atoms with Crippen LogP contribution >= 0.6 is 0 Å². The summed E-state index contributed by atoms with van der Waals surface area (Å²) in [6, 6.07) is 32.2. The maximum absolute atomic E-state index is 14.4. The van der Waals surface area contributed by atoms with Crippen LogP contribution in [0.1, 0.15) is 29.2 Å². The smallest absolute Gasteiger partial charge is 0.355 e. The van der Waals surface area contributed by atoms with E-state index in [4.69, 9.17) is 0 Å². The van der Waals surface area contributed by atoms with Gasteiger partial charge in [0.25, 0.3) is 0 Å². The summed E-state index contributed by atoms with van der Waals surface area (Å²) >= 11 is 0. The van der Waals surface area contributed by atoms with Crippen molar-refractivity contribution in [2.75, 3.05) is 31.6 Å². The summed E-state index contributed by atoms with van der Waals surface area (Å²) in [7, 11) is 1.73. The highest BCUT2D eigenvalue weighted by atomic mass is 19.4. The molecule has 5 rings (SSSR count). The zero-order valence-corrected chi connectivity index (χ0v) is 28.6. The molecule has 0 aliphatic heterocycles. The van der Waals surface area contributed by atoms with E-state index in [-0.39, 0.29) is 18.9 Å². The summed E-state index contributed by atoms with van der Waals surface area (Å²) < 4.78 is 39.5. The molecule has 3 aromatic carbocycles. The van der Waals surface area contributed by atoms with E-state index in [2.05, 4.69) is 14.9 Å². The van der Waals surface area contributed by atoms with E-state index < -0.39 is 23.7 Å². The molecule has 0 saturated heterocycles. The molecule has 2 aromatic heterocycles. The van der Waals surface area contributed by atoms with E-state index in [0.29, 0.717) is 25.2 Å². The zero-order valence-electron chi connectivity index (χ0n) is 28.6. The third kappa shape index (κ3) is 10.1. The van der Waals surface area contributed by atoms with Crippen LogP contribution in [-0.2, 0) is 28.7 Å². The van der Waals surface area contributed by atoms with Crippen LogP contribution in [0.3, 0.4) is 0 Å². The van der Waals surface area contributed by atoms with Crippen molar-refractivity contribution in [2.24, 2.45) is 0 Å². The van der Waals surface area contributed by atoms with Gasteiger partial charge in [-0.25, -0.2) is 4.98 Å². The summed E-state index contributed by atoms with van der Waals surface area (Å²) in [4.78, 5) is 42.7. The van der Waals surface area contributed by atoms with Gasteiger partial charge in [-0.05, 0) is 66.1 Å². The summed E-state index contributed by atoms with van der Waals surface area (Å²) in [5, 5.41) is 0. The number of likely N-dealkylation sites (N-methyl/N-ethyl adjacent to an activating group) is 2. The van der Waals surface area contributed by atoms with Crippen molar-refractivity contribution in [1.82, 2.24) is 19.8 Å². The van der Waals surface area contributed by atoms with Crippen LogP contribution in [0.5, 0.6) is 0 Å². The number of hydrogen-bond acceptors (Lipinski definition) is 5. The first-order valence-corrected chi connectivity index (χ1v) is 16.7. The number of halogens is 3. The molecule has 0 radical (unpaired) electrons. The lowest BCUT2D eigenvalue weighted by Crippen LogP contribution is -2.51. The van der Waals surface area contributed by atoms with Crippen LogP contribution in [0.2, 0.25) is 0 Å². The largest absolute Gasteiger partial charge is 0.416 e.